The number of nitrogens with zero attached hydrogens (tertiary/aromatic N) is 1. The van der Waals surface area contributed by atoms with Gasteiger partial charge in [0.2, 0.25) is 0 Å². The van der Waals surface area contributed by atoms with Crippen LogP contribution in [0.2, 0.25) is 10.0 Å². The van der Waals surface area contributed by atoms with Gasteiger partial charge < -0.3 is 10.2 Å². The number of carboxylic acid groups (broad SMARTS) is 1. The second-order valence-electron chi connectivity index (χ2n) is 5.11. The van der Waals surface area contributed by atoms with Gasteiger partial charge in [-0.2, -0.15) is 0 Å². The Labute approximate surface area is 127 Å². The van der Waals surface area contributed by atoms with Gasteiger partial charge in [0, 0.05) is 23.2 Å². The summed E-state index contributed by atoms with van der Waals surface area (Å²) in [5.74, 6) is -0.772. The lowest BCUT2D eigenvalue weighted by Crippen LogP contribution is -2.40. The molecule has 0 saturated carbocycles. The Hall–Kier alpha value is -0.970. The molecule has 4 nitrogen and oxygen atoms in total. The molecule has 0 spiro atoms. The Kier molecular flexibility index (Phi) is 5.13. The summed E-state index contributed by atoms with van der Waals surface area (Å²) in [5, 5.41) is 19.7. The largest absolute Gasteiger partial charge is 0.506 e. The lowest BCUT2D eigenvalue weighted by molar-refractivity contribution is -0.138. The van der Waals surface area contributed by atoms with Gasteiger partial charge >= 0.3 is 5.97 Å². The first-order valence-electron chi connectivity index (χ1n) is 6.60. The molecule has 1 aliphatic heterocycles. The van der Waals surface area contributed by atoms with Crippen molar-refractivity contribution in [3.63, 3.8) is 0 Å². The summed E-state index contributed by atoms with van der Waals surface area (Å²) in [5.41, 5.74) is 0.639. The Morgan fingerprint density at radius 1 is 1.35 bits per heavy atom. The Bertz CT molecular complexity index is 507. The summed E-state index contributed by atoms with van der Waals surface area (Å²) >= 11 is 11.9. The van der Waals surface area contributed by atoms with E-state index in [9.17, 15) is 9.90 Å². The third-order valence-corrected chi connectivity index (χ3v) is 4.15. The van der Waals surface area contributed by atoms with Crippen molar-refractivity contribution >= 4 is 29.2 Å². The average molecular weight is 318 g/mol. The molecule has 1 fully saturated rings. The highest BCUT2D eigenvalue weighted by Gasteiger charge is 2.25. The number of rotatable bonds is 4. The first-order valence-corrected chi connectivity index (χ1v) is 7.35. The smallest absolute Gasteiger partial charge is 0.304 e. The fraction of sp³-hybridized carbons (Fsp3) is 0.500. The Balaban J connectivity index is 2.16. The zero-order valence-corrected chi connectivity index (χ0v) is 12.5. The lowest BCUT2D eigenvalue weighted by atomic mass is 9.98. The monoisotopic (exact) mass is 317 g/mol. The second kappa shape index (κ2) is 6.66. The maximum atomic E-state index is 10.9. The van der Waals surface area contributed by atoms with Crippen LogP contribution in [-0.4, -0.2) is 33.7 Å². The molecule has 2 N–H and O–H groups in total. The molecule has 0 aliphatic carbocycles. The molecule has 20 heavy (non-hydrogen) atoms. The topological polar surface area (TPSA) is 60.8 Å². The van der Waals surface area contributed by atoms with Gasteiger partial charge in [-0.1, -0.05) is 29.6 Å². The van der Waals surface area contributed by atoms with Crippen LogP contribution in [0.1, 0.15) is 31.2 Å². The third kappa shape index (κ3) is 3.78. The van der Waals surface area contributed by atoms with E-state index in [1.165, 1.54) is 6.07 Å². The summed E-state index contributed by atoms with van der Waals surface area (Å²) in [4.78, 5) is 13.0. The average Bonchev–Trinajstić information content (AvgIpc) is 2.37. The van der Waals surface area contributed by atoms with E-state index < -0.39 is 5.97 Å². The molecule has 1 aromatic carbocycles. The van der Waals surface area contributed by atoms with E-state index >= 15 is 0 Å². The van der Waals surface area contributed by atoms with E-state index in [0.29, 0.717) is 17.1 Å². The van der Waals surface area contributed by atoms with Crippen molar-refractivity contribution in [2.75, 3.05) is 6.54 Å². The number of aliphatic carboxylic acids is 1. The van der Waals surface area contributed by atoms with E-state index in [4.69, 9.17) is 28.3 Å². The summed E-state index contributed by atoms with van der Waals surface area (Å²) in [6.45, 7) is 1.28. The van der Waals surface area contributed by atoms with E-state index in [1.54, 1.807) is 6.07 Å². The van der Waals surface area contributed by atoms with Crippen molar-refractivity contribution in [3.8, 4) is 5.75 Å². The Morgan fingerprint density at radius 2 is 2.10 bits per heavy atom. The molecule has 1 unspecified atom stereocenters. The normalized spacial score (nSPS) is 20.0. The maximum absolute atomic E-state index is 10.9. The van der Waals surface area contributed by atoms with Crippen molar-refractivity contribution in [1.29, 1.82) is 0 Å². The number of phenolic OH excluding ortho intramolecular Hbond substituents is 1. The number of aromatic hydroxyl groups is 1. The molecule has 2 rings (SSSR count). The zero-order valence-electron chi connectivity index (χ0n) is 11.0. The molecule has 1 atom stereocenters. The highest BCUT2D eigenvalue weighted by atomic mass is 35.5. The van der Waals surface area contributed by atoms with Crippen LogP contribution >= 0.6 is 23.2 Å². The van der Waals surface area contributed by atoms with Gasteiger partial charge in [0.25, 0.3) is 0 Å². The molecular formula is C14H17Cl2NO3. The van der Waals surface area contributed by atoms with Crippen molar-refractivity contribution in [2.24, 2.45) is 0 Å². The molecule has 110 valence electrons. The van der Waals surface area contributed by atoms with Gasteiger partial charge in [0.05, 0.1) is 11.4 Å². The van der Waals surface area contributed by atoms with Gasteiger partial charge in [-0.3, -0.25) is 9.69 Å². The summed E-state index contributed by atoms with van der Waals surface area (Å²) in [7, 11) is 0. The molecule has 1 aliphatic rings. The summed E-state index contributed by atoms with van der Waals surface area (Å²) in [6.07, 6.45) is 3.05. The molecule has 0 radical (unpaired) electrons. The van der Waals surface area contributed by atoms with E-state index in [-0.39, 0.29) is 23.2 Å². The molecule has 1 aromatic rings. The van der Waals surface area contributed by atoms with Crippen molar-refractivity contribution in [1.82, 2.24) is 4.90 Å². The fourth-order valence-corrected chi connectivity index (χ4v) is 3.20. The number of piperidine rings is 1. The van der Waals surface area contributed by atoms with Crippen molar-refractivity contribution in [2.45, 2.75) is 38.3 Å². The van der Waals surface area contributed by atoms with Crippen molar-refractivity contribution < 1.29 is 15.0 Å². The molecule has 1 saturated heterocycles. The van der Waals surface area contributed by atoms with Gasteiger partial charge in [-0.25, -0.2) is 0 Å². The molecule has 1 heterocycles. The number of likely N-dealkylation sites (tertiary alicyclic amines) is 1. The van der Waals surface area contributed by atoms with Crippen LogP contribution in [-0.2, 0) is 11.3 Å². The first-order chi connectivity index (χ1) is 9.47. The quantitative estimate of drug-likeness (QED) is 0.891. The van der Waals surface area contributed by atoms with Crippen LogP contribution in [0.15, 0.2) is 12.1 Å². The van der Waals surface area contributed by atoms with Crippen LogP contribution in [0, 0.1) is 0 Å². The van der Waals surface area contributed by atoms with Crippen LogP contribution in [0.3, 0.4) is 0 Å². The number of phenols is 1. The van der Waals surface area contributed by atoms with Crippen LogP contribution in [0.4, 0.5) is 0 Å². The number of halogens is 2. The third-order valence-electron chi connectivity index (χ3n) is 3.64. The van der Waals surface area contributed by atoms with Crippen molar-refractivity contribution in [3.05, 3.63) is 27.7 Å². The molecular weight excluding hydrogens is 301 g/mol. The predicted molar refractivity (Wildman–Crippen MR) is 78.4 cm³/mol. The predicted octanol–water partition coefficient (Wildman–Crippen LogP) is 3.53. The minimum Gasteiger partial charge on any atom is -0.506 e. The summed E-state index contributed by atoms with van der Waals surface area (Å²) < 4.78 is 0. The van der Waals surface area contributed by atoms with E-state index in [1.807, 2.05) is 0 Å². The fourth-order valence-electron chi connectivity index (χ4n) is 2.66. The zero-order chi connectivity index (χ0) is 14.7. The minimum absolute atomic E-state index is 0.00147. The maximum Gasteiger partial charge on any atom is 0.304 e. The van der Waals surface area contributed by atoms with Gasteiger partial charge in [-0.05, 0) is 31.5 Å². The standard InChI is InChI=1S/C14H17Cl2NO3/c15-10-5-9(14(20)12(16)6-10)8-17-4-2-1-3-11(17)7-13(18)19/h5-6,11,20H,1-4,7-8H2,(H,18,19). The molecule has 6 heteroatoms. The molecule has 0 bridgehead atoms. The van der Waals surface area contributed by atoms with Gasteiger partial charge in [0.15, 0.2) is 0 Å². The molecule has 0 amide bonds. The summed E-state index contributed by atoms with van der Waals surface area (Å²) in [6, 6.07) is 3.17. The van der Waals surface area contributed by atoms with Crippen LogP contribution in [0.5, 0.6) is 5.75 Å². The van der Waals surface area contributed by atoms with Crippen LogP contribution < -0.4 is 0 Å². The SMILES string of the molecule is O=C(O)CC1CCCCN1Cc1cc(Cl)cc(Cl)c1O. The lowest BCUT2D eigenvalue weighted by Gasteiger charge is -2.35. The second-order valence-corrected chi connectivity index (χ2v) is 5.96. The highest BCUT2D eigenvalue weighted by molar-refractivity contribution is 6.35. The van der Waals surface area contributed by atoms with E-state index in [2.05, 4.69) is 4.90 Å². The first kappa shape index (κ1) is 15.4. The van der Waals surface area contributed by atoms with Gasteiger partial charge in [-0.15, -0.1) is 0 Å². The number of hydrogen-bond donors (Lipinski definition) is 2. The number of carbonyl (C=O) groups is 1. The minimum atomic E-state index is -0.796. The van der Waals surface area contributed by atoms with Gasteiger partial charge in [0.1, 0.15) is 5.75 Å². The number of benzene rings is 1. The Morgan fingerprint density at radius 3 is 2.80 bits per heavy atom. The van der Waals surface area contributed by atoms with E-state index in [0.717, 1.165) is 25.8 Å². The van der Waals surface area contributed by atoms with Crippen LogP contribution in [0.25, 0.3) is 0 Å². The highest BCUT2D eigenvalue weighted by Crippen LogP contribution is 2.33. The number of carboxylic acids is 1. The number of hydrogen-bond acceptors (Lipinski definition) is 3. The molecule has 0 aromatic heterocycles.